The van der Waals surface area contributed by atoms with E-state index in [0.29, 0.717) is 24.5 Å². The number of aromatic nitrogens is 1. The van der Waals surface area contributed by atoms with Crippen molar-refractivity contribution in [1.29, 1.82) is 0 Å². The zero-order valence-electron chi connectivity index (χ0n) is 18.3. The molecule has 0 saturated heterocycles. The van der Waals surface area contributed by atoms with Crippen molar-refractivity contribution in [3.63, 3.8) is 0 Å². The summed E-state index contributed by atoms with van der Waals surface area (Å²) in [6.07, 6.45) is 1.73. The molecular weight excluding hydrogens is 390 g/mol. The van der Waals surface area contributed by atoms with Gasteiger partial charge in [-0.2, -0.15) is 0 Å². The van der Waals surface area contributed by atoms with Crippen molar-refractivity contribution in [3.05, 3.63) is 89.6 Å². The molecule has 1 heterocycles. The van der Waals surface area contributed by atoms with Crippen LogP contribution >= 0.6 is 0 Å². The van der Waals surface area contributed by atoms with Crippen molar-refractivity contribution in [1.82, 2.24) is 10.0 Å². The number of hydroxylamine groups is 2. The first-order chi connectivity index (χ1) is 15.1. The minimum Gasteiger partial charge on any atom is -0.481 e. The summed E-state index contributed by atoms with van der Waals surface area (Å²) in [5.41, 5.74) is 3.57. The molecule has 2 aromatic carbocycles. The van der Waals surface area contributed by atoms with Crippen LogP contribution in [-0.4, -0.2) is 36.2 Å². The number of nitrogens with zero attached hydrogens (tertiary/aromatic N) is 3. The molecule has 0 unspecified atom stereocenters. The number of hydrogen-bond acceptors (Lipinski definition) is 6. The van der Waals surface area contributed by atoms with Crippen LogP contribution in [-0.2, 0) is 17.9 Å². The molecule has 3 aromatic rings. The van der Waals surface area contributed by atoms with Crippen LogP contribution in [0.1, 0.15) is 35.3 Å². The Kier molecular flexibility index (Phi) is 8.01. The molecule has 6 heteroatoms. The fraction of sp³-hybridized carbons (Fsp3) is 0.280. The first-order valence-electron chi connectivity index (χ1n) is 10.5. The van der Waals surface area contributed by atoms with Gasteiger partial charge in [0.1, 0.15) is 0 Å². The van der Waals surface area contributed by atoms with Crippen LogP contribution in [0.3, 0.4) is 0 Å². The Morgan fingerprint density at radius 3 is 2.13 bits per heavy atom. The highest BCUT2D eigenvalue weighted by Crippen LogP contribution is 2.18. The van der Waals surface area contributed by atoms with Gasteiger partial charge in [-0.3, -0.25) is 0 Å². The zero-order valence-corrected chi connectivity index (χ0v) is 18.3. The minimum atomic E-state index is -0.386. The Hall–Kier alpha value is -3.38. The van der Waals surface area contributed by atoms with Crippen LogP contribution in [0, 0.1) is 0 Å². The van der Waals surface area contributed by atoms with E-state index in [9.17, 15) is 4.79 Å². The summed E-state index contributed by atoms with van der Waals surface area (Å²) in [5, 5.41) is 1.65. The molecule has 0 fully saturated rings. The molecule has 0 saturated carbocycles. The monoisotopic (exact) mass is 419 g/mol. The Bertz CT molecular complexity index is 940. The zero-order chi connectivity index (χ0) is 22.1. The second-order valence-electron chi connectivity index (χ2n) is 7.09. The first-order valence-corrected chi connectivity index (χ1v) is 10.5. The molecule has 162 valence electrons. The van der Waals surface area contributed by atoms with Gasteiger partial charge in [-0.15, -0.1) is 5.06 Å². The van der Waals surface area contributed by atoms with E-state index in [4.69, 9.17) is 9.57 Å². The lowest BCUT2D eigenvalue weighted by molar-refractivity contribution is -0.123. The fourth-order valence-corrected chi connectivity index (χ4v) is 3.30. The highest BCUT2D eigenvalue weighted by atomic mass is 16.7. The first kappa shape index (κ1) is 22.3. The Morgan fingerprint density at radius 2 is 1.55 bits per heavy atom. The Labute approximate surface area is 184 Å². The number of hydrogen-bond donors (Lipinski definition) is 0. The van der Waals surface area contributed by atoms with Crippen LogP contribution in [0.15, 0.2) is 72.9 Å². The maximum absolute atomic E-state index is 12.8. The van der Waals surface area contributed by atoms with Gasteiger partial charge in [-0.05, 0) is 49.2 Å². The molecule has 1 aromatic heterocycles. The summed E-state index contributed by atoms with van der Waals surface area (Å²) in [7, 11) is 1.58. The standard InChI is InChI=1S/C25H29N3O3/c1-4-27(5-2)23-14-12-22(13-15-23)25(29)31-28(18-20-9-7-6-8-10-20)19-21-11-16-24(30-3)26-17-21/h6-17H,4-5,18-19H2,1-3H3. The third kappa shape index (κ3) is 6.30. The third-order valence-electron chi connectivity index (χ3n) is 5.01. The van der Waals surface area contributed by atoms with E-state index in [-0.39, 0.29) is 5.97 Å². The fourth-order valence-electron chi connectivity index (χ4n) is 3.30. The topological polar surface area (TPSA) is 54.9 Å². The molecule has 0 aliphatic rings. The van der Waals surface area contributed by atoms with Crippen LogP contribution in [0.5, 0.6) is 5.88 Å². The number of ether oxygens (including phenoxy) is 1. The lowest BCUT2D eigenvalue weighted by Gasteiger charge is -2.22. The molecule has 6 nitrogen and oxygen atoms in total. The van der Waals surface area contributed by atoms with E-state index in [2.05, 4.69) is 23.7 Å². The highest BCUT2D eigenvalue weighted by molar-refractivity contribution is 5.89. The second kappa shape index (κ2) is 11.1. The van der Waals surface area contributed by atoms with Crippen LogP contribution in [0.25, 0.3) is 0 Å². The lowest BCUT2D eigenvalue weighted by Crippen LogP contribution is -2.27. The van der Waals surface area contributed by atoms with Gasteiger partial charge in [0.15, 0.2) is 0 Å². The summed E-state index contributed by atoms with van der Waals surface area (Å²) in [6, 6.07) is 21.2. The highest BCUT2D eigenvalue weighted by Gasteiger charge is 2.16. The van der Waals surface area contributed by atoms with Crippen LogP contribution < -0.4 is 9.64 Å². The number of benzene rings is 2. The number of carbonyl (C=O) groups is 1. The molecule has 3 rings (SSSR count). The molecule has 0 bridgehead atoms. The Morgan fingerprint density at radius 1 is 0.871 bits per heavy atom. The summed E-state index contributed by atoms with van der Waals surface area (Å²) in [6.45, 7) is 6.94. The number of anilines is 1. The quantitative estimate of drug-likeness (QED) is 0.444. The molecule has 0 atom stereocenters. The number of carbonyl (C=O) groups excluding carboxylic acids is 1. The third-order valence-corrected chi connectivity index (χ3v) is 5.01. The van der Waals surface area contributed by atoms with Gasteiger partial charge in [0.25, 0.3) is 0 Å². The number of methoxy groups -OCH3 is 1. The van der Waals surface area contributed by atoms with E-state index in [0.717, 1.165) is 29.9 Å². The lowest BCUT2D eigenvalue weighted by atomic mass is 10.2. The summed E-state index contributed by atoms with van der Waals surface area (Å²) in [4.78, 5) is 25.1. The number of rotatable bonds is 10. The number of pyridine rings is 1. The van der Waals surface area contributed by atoms with Crippen molar-refractivity contribution in [2.24, 2.45) is 0 Å². The molecule has 0 spiro atoms. The minimum absolute atomic E-state index is 0.386. The molecule has 0 amide bonds. The molecule has 0 N–H and O–H groups in total. The molecule has 0 aliphatic carbocycles. The SMILES string of the molecule is CCN(CC)c1ccc(C(=O)ON(Cc2ccccc2)Cc2ccc(OC)nc2)cc1. The molecule has 0 aliphatic heterocycles. The van der Waals surface area contributed by atoms with Gasteiger partial charge in [0.05, 0.1) is 25.8 Å². The van der Waals surface area contributed by atoms with Crippen molar-refractivity contribution in [2.75, 3.05) is 25.1 Å². The largest absolute Gasteiger partial charge is 0.481 e. The Balaban J connectivity index is 1.74. The van der Waals surface area contributed by atoms with Gasteiger partial charge in [0, 0.05) is 31.0 Å². The smallest absolute Gasteiger partial charge is 0.357 e. The molecule has 31 heavy (non-hydrogen) atoms. The van der Waals surface area contributed by atoms with Gasteiger partial charge in [-0.25, -0.2) is 9.78 Å². The van der Waals surface area contributed by atoms with Crippen molar-refractivity contribution < 1.29 is 14.4 Å². The summed E-state index contributed by atoms with van der Waals surface area (Å²) < 4.78 is 5.12. The van der Waals surface area contributed by atoms with Crippen LogP contribution in [0.2, 0.25) is 0 Å². The average molecular weight is 420 g/mol. The van der Waals surface area contributed by atoms with Gasteiger partial charge in [0.2, 0.25) is 5.88 Å². The summed E-state index contributed by atoms with van der Waals surface area (Å²) in [5.74, 6) is 0.159. The molecule has 0 radical (unpaired) electrons. The van der Waals surface area contributed by atoms with Crippen LogP contribution in [0.4, 0.5) is 5.69 Å². The van der Waals surface area contributed by atoms with Crippen molar-refractivity contribution >= 4 is 11.7 Å². The predicted octanol–water partition coefficient (Wildman–Crippen LogP) is 4.71. The van der Waals surface area contributed by atoms with Crippen molar-refractivity contribution in [2.45, 2.75) is 26.9 Å². The van der Waals surface area contributed by atoms with E-state index in [1.807, 2.05) is 60.7 Å². The van der Waals surface area contributed by atoms with E-state index in [1.165, 1.54) is 0 Å². The molecular formula is C25H29N3O3. The van der Waals surface area contributed by atoms with E-state index >= 15 is 0 Å². The van der Waals surface area contributed by atoms with Crippen molar-refractivity contribution in [3.8, 4) is 5.88 Å². The predicted molar refractivity (Wildman–Crippen MR) is 122 cm³/mol. The van der Waals surface area contributed by atoms with E-state index in [1.54, 1.807) is 24.4 Å². The average Bonchev–Trinajstić information content (AvgIpc) is 2.81. The maximum atomic E-state index is 12.8. The van der Waals surface area contributed by atoms with Gasteiger partial charge < -0.3 is 14.5 Å². The normalized spacial score (nSPS) is 10.7. The summed E-state index contributed by atoms with van der Waals surface area (Å²) >= 11 is 0. The second-order valence-corrected chi connectivity index (χ2v) is 7.09. The van der Waals surface area contributed by atoms with E-state index < -0.39 is 0 Å². The van der Waals surface area contributed by atoms with Gasteiger partial charge in [-0.1, -0.05) is 36.4 Å². The maximum Gasteiger partial charge on any atom is 0.357 e. The van der Waals surface area contributed by atoms with Gasteiger partial charge >= 0.3 is 5.97 Å².